The Morgan fingerprint density at radius 1 is 1.38 bits per heavy atom. The molecule has 0 saturated carbocycles. The average molecular weight is 263 g/mol. The molecule has 1 aliphatic heterocycles. The standard InChI is InChI=1S/C10H11ClO4S/c1-14-10-3-8-5-15-4-7(8)2-9(10)6-16(11,12)13/h2-3H,4-6H2,1H3. The largest absolute Gasteiger partial charge is 0.496 e. The van der Waals surface area contributed by atoms with E-state index in [1.807, 2.05) is 0 Å². The number of halogens is 1. The van der Waals surface area contributed by atoms with Crippen molar-refractivity contribution in [2.75, 3.05) is 7.11 Å². The van der Waals surface area contributed by atoms with Crippen LogP contribution in [0.2, 0.25) is 0 Å². The predicted molar refractivity (Wildman–Crippen MR) is 60.0 cm³/mol. The first-order chi connectivity index (χ1) is 7.49. The summed E-state index contributed by atoms with van der Waals surface area (Å²) in [5.74, 6) is 0.304. The SMILES string of the molecule is COc1cc2c(cc1CS(=O)(=O)Cl)COC2. The second-order valence-corrected chi connectivity index (χ2v) is 6.39. The summed E-state index contributed by atoms with van der Waals surface area (Å²) < 4.78 is 32.5. The summed E-state index contributed by atoms with van der Waals surface area (Å²) in [5, 5.41) is 0. The zero-order chi connectivity index (χ0) is 11.8. The first-order valence-corrected chi connectivity index (χ1v) is 7.16. The normalized spacial score (nSPS) is 14.9. The zero-order valence-corrected chi connectivity index (χ0v) is 10.3. The predicted octanol–water partition coefficient (Wildman–Crippen LogP) is 1.79. The molecule has 0 atom stereocenters. The first kappa shape index (κ1) is 11.7. The van der Waals surface area contributed by atoms with Crippen molar-refractivity contribution >= 4 is 19.7 Å². The third-order valence-electron chi connectivity index (χ3n) is 2.45. The van der Waals surface area contributed by atoms with E-state index >= 15 is 0 Å². The number of ether oxygens (including phenoxy) is 2. The highest BCUT2D eigenvalue weighted by molar-refractivity contribution is 8.13. The minimum atomic E-state index is -3.58. The maximum atomic E-state index is 11.0. The fourth-order valence-electron chi connectivity index (χ4n) is 1.75. The topological polar surface area (TPSA) is 52.6 Å². The summed E-state index contributed by atoms with van der Waals surface area (Å²) in [6, 6.07) is 3.58. The lowest BCUT2D eigenvalue weighted by Crippen LogP contribution is -2.00. The van der Waals surface area contributed by atoms with Crippen LogP contribution in [-0.4, -0.2) is 15.5 Å². The van der Waals surface area contributed by atoms with Crippen LogP contribution < -0.4 is 4.74 Å². The molecule has 16 heavy (non-hydrogen) atoms. The first-order valence-electron chi connectivity index (χ1n) is 4.68. The maximum absolute atomic E-state index is 11.0. The molecule has 0 aromatic heterocycles. The van der Waals surface area contributed by atoms with Crippen molar-refractivity contribution in [2.24, 2.45) is 0 Å². The fraction of sp³-hybridized carbons (Fsp3) is 0.400. The minimum absolute atomic E-state index is 0.231. The number of methoxy groups -OCH3 is 1. The molecule has 1 aliphatic rings. The molecule has 0 radical (unpaired) electrons. The molecule has 6 heteroatoms. The molecule has 0 bridgehead atoms. The Bertz CT molecular complexity index is 510. The Morgan fingerprint density at radius 3 is 2.56 bits per heavy atom. The molecular weight excluding hydrogens is 252 g/mol. The molecule has 1 aromatic carbocycles. The zero-order valence-electron chi connectivity index (χ0n) is 8.70. The van der Waals surface area contributed by atoms with E-state index in [9.17, 15) is 8.42 Å². The highest BCUT2D eigenvalue weighted by Crippen LogP contribution is 2.30. The van der Waals surface area contributed by atoms with Crippen LogP contribution in [0, 0.1) is 0 Å². The number of hydrogen-bond acceptors (Lipinski definition) is 4. The van der Waals surface area contributed by atoms with E-state index in [0.717, 1.165) is 11.1 Å². The highest BCUT2D eigenvalue weighted by atomic mass is 35.7. The van der Waals surface area contributed by atoms with Gasteiger partial charge in [0.2, 0.25) is 9.05 Å². The van der Waals surface area contributed by atoms with Crippen LogP contribution in [0.15, 0.2) is 12.1 Å². The molecule has 88 valence electrons. The Balaban J connectivity index is 2.44. The van der Waals surface area contributed by atoms with Crippen LogP contribution in [0.4, 0.5) is 0 Å². The third kappa shape index (κ3) is 2.48. The number of fused-ring (bicyclic) bond motifs is 1. The van der Waals surface area contributed by atoms with Crippen molar-refractivity contribution in [1.82, 2.24) is 0 Å². The van der Waals surface area contributed by atoms with Crippen molar-refractivity contribution in [1.29, 1.82) is 0 Å². The molecule has 4 nitrogen and oxygen atoms in total. The van der Waals surface area contributed by atoms with Crippen molar-refractivity contribution in [3.8, 4) is 5.75 Å². The maximum Gasteiger partial charge on any atom is 0.236 e. The van der Waals surface area contributed by atoms with E-state index in [4.69, 9.17) is 20.2 Å². The summed E-state index contributed by atoms with van der Waals surface area (Å²) in [5.41, 5.74) is 2.60. The van der Waals surface area contributed by atoms with E-state index in [1.165, 1.54) is 7.11 Å². The Morgan fingerprint density at radius 2 is 2.00 bits per heavy atom. The third-order valence-corrected chi connectivity index (χ3v) is 3.43. The highest BCUT2D eigenvalue weighted by Gasteiger charge is 2.18. The van der Waals surface area contributed by atoms with Gasteiger partial charge in [0.1, 0.15) is 5.75 Å². The van der Waals surface area contributed by atoms with Crippen molar-refractivity contribution < 1.29 is 17.9 Å². The van der Waals surface area contributed by atoms with Gasteiger partial charge in [-0.2, -0.15) is 0 Å². The molecule has 0 aliphatic carbocycles. The molecule has 0 amide bonds. The number of benzene rings is 1. The fourth-order valence-corrected chi connectivity index (χ4v) is 2.70. The van der Waals surface area contributed by atoms with E-state index in [2.05, 4.69) is 0 Å². The lowest BCUT2D eigenvalue weighted by Gasteiger charge is -2.09. The van der Waals surface area contributed by atoms with Gasteiger partial charge in [0.25, 0.3) is 0 Å². The van der Waals surface area contributed by atoms with Gasteiger partial charge in [-0.25, -0.2) is 8.42 Å². The van der Waals surface area contributed by atoms with Crippen LogP contribution in [0.1, 0.15) is 16.7 Å². The van der Waals surface area contributed by atoms with Crippen LogP contribution in [0.5, 0.6) is 5.75 Å². The lowest BCUT2D eigenvalue weighted by atomic mass is 10.1. The smallest absolute Gasteiger partial charge is 0.236 e. The van der Waals surface area contributed by atoms with Gasteiger partial charge in [-0.15, -0.1) is 0 Å². The van der Waals surface area contributed by atoms with Gasteiger partial charge in [0.05, 0.1) is 26.1 Å². The van der Waals surface area contributed by atoms with Crippen LogP contribution in [0.25, 0.3) is 0 Å². The van der Waals surface area contributed by atoms with Gasteiger partial charge in [0.15, 0.2) is 0 Å². The van der Waals surface area contributed by atoms with Gasteiger partial charge in [-0.1, -0.05) is 0 Å². The number of hydrogen-bond donors (Lipinski definition) is 0. The average Bonchev–Trinajstić information content (AvgIpc) is 2.60. The summed E-state index contributed by atoms with van der Waals surface area (Å²) in [7, 11) is 3.16. The molecular formula is C10H11ClO4S. The quantitative estimate of drug-likeness (QED) is 0.780. The van der Waals surface area contributed by atoms with Crippen LogP contribution in [-0.2, 0) is 32.8 Å². The second kappa shape index (κ2) is 4.24. The van der Waals surface area contributed by atoms with Crippen LogP contribution in [0.3, 0.4) is 0 Å². The minimum Gasteiger partial charge on any atom is -0.496 e. The molecule has 0 unspecified atom stereocenters. The van der Waals surface area contributed by atoms with Gasteiger partial charge in [-0.3, -0.25) is 0 Å². The van der Waals surface area contributed by atoms with E-state index in [-0.39, 0.29) is 5.75 Å². The summed E-state index contributed by atoms with van der Waals surface area (Å²) in [4.78, 5) is 0. The summed E-state index contributed by atoms with van der Waals surface area (Å²) in [6.45, 7) is 1.05. The Labute approximate surface area is 98.5 Å². The van der Waals surface area contributed by atoms with Crippen LogP contribution >= 0.6 is 10.7 Å². The van der Waals surface area contributed by atoms with Gasteiger partial charge >= 0.3 is 0 Å². The Kier molecular flexibility index (Phi) is 3.10. The number of rotatable bonds is 3. The van der Waals surface area contributed by atoms with E-state index < -0.39 is 9.05 Å². The second-order valence-electron chi connectivity index (χ2n) is 3.61. The van der Waals surface area contributed by atoms with Gasteiger partial charge < -0.3 is 9.47 Å². The molecule has 0 spiro atoms. The monoisotopic (exact) mass is 262 g/mol. The van der Waals surface area contributed by atoms with Crippen molar-refractivity contribution in [2.45, 2.75) is 19.0 Å². The van der Waals surface area contributed by atoms with Gasteiger partial charge in [0, 0.05) is 16.2 Å². The summed E-state index contributed by atoms with van der Waals surface area (Å²) >= 11 is 0. The molecule has 1 heterocycles. The van der Waals surface area contributed by atoms with Crippen molar-refractivity contribution in [3.05, 3.63) is 28.8 Å². The molecule has 0 N–H and O–H groups in total. The molecule has 0 saturated heterocycles. The molecule has 2 rings (SSSR count). The van der Waals surface area contributed by atoms with Gasteiger partial charge in [-0.05, 0) is 23.3 Å². The van der Waals surface area contributed by atoms with E-state index in [1.54, 1.807) is 12.1 Å². The van der Waals surface area contributed by atoms with E-state index in [0.29, 0.717) is 24.5 Å². The Hall–Kier alpha value is -0.780. The summed E-state index contributed by atoms with van der Waals surface area (Å²) in [6.07, 6.45) is 0. The molecule has 1 aromatic rings. The molecule has 0 fully saturated rings. The van der Waals surface area contributed by atoms with Crippen molar-refractivity contribution in [3.63, 3.8) is 0 Å². The lowest BCUT2D eigenvalue weighted by molar-refractivity contribution is 0.134.